The van der Waals surface area contributed by atoms with Gasteiger partial charge < -0.3 is 9.32 Å². The molecule has 0 aliphatic heterocycles. The van der Waals surface area contributed by atoms with Crippen LogP contribution in [0.25, 0.3) is 0 Å². The Kier molecular flexibility index (Phi) is 3.06. The molecular formula is C18H19NO2. The second kappa shape index (κ2) is 5.06. The van der Waals surface area contributed by atoms with Gasteiger partial charge in [-0.25, -0.2) is 0 Å². The SMILES string of the molecule is O=C(C1CC1c1ccco1)N(Cc1ccccc1)C1CC1. The van der Waals surface area contributed by atoms with Crippen LogP contribution in [0.3, 0.4) is 0 Å². The number of furan rings is 1. The average Bonchev–Trinajstić information content (AvgIpc) is 3.44. The van der Waals surface area contributed by atoms with Gasteiger partial charge in [-0.1, -0.05) is 30.3 Å². The van der Waals surface area contributed by atoms with E-state index in [1.807, 2.05) is 30.3 Å². The summed E-state index contributed by atoms with van der Waals surface area (Å²) in [6.45, 7) is 0.742. The molecule has 21 heavy (non-hydrogen) atoms. The lowest BCUT2D eigenvalue weighted by molar-refractivity contribution is -0.134. The molecule has 1 aromatic carbocycles. The van der Waals surface area contributed by atoms with E-state index in [2.05, 4.69) is 17.0 Å². The van der Waals surface area contributed by atoms with Crippen LogP contribution in [0.4, 0.5) is 0 Å². The minimum atomic E-state index is 0.125. The van der Waals surface area contributed by atoms with Gasteiger partial charge in [-0.3, -0.25) is 4.79 Å². The summed E-state index contributed by atoms with van der Waals surface area (Å²) in [5.41, 5.74) is 1.22. The highest BCUT2D eigenvalue weighted by Gasteiger charge is 2.49. The fourth-order valence-corrected chi connectivity index (χ4v) is 3.05. The first kappa shape index (κ1) is 12.7. The number of hydrogen-bond acceptors (Lipinski definition) is 2. The maximum absolute atomic E-state index is 12.8. The molecular weight excluding hydrogens is 262 g/mol. The lowest BCUT2D eigenvalue weighted by Crippen LogP contribution is -2.34. The molecule has 4 rings (SSSR count). The predicted octanol–water partition coefficient (Wildman–Crippen LogP) is 3.57. The topological polar surface area (TPSA) is 33.5 Å². The Morgan fingerprint density at radius 1 is 1.14 bits per heavy atom. The van der Waals surface area contributed by atoms with Crippen molar-refractivity contribution in [3.63, 3.8) is 0 Å². The summed E-state index contributed by atoms with van der Waals surface area (Å²) in [4.78, 5) is 14.9. The van der Waals surface area contributed by atoms with Crippen molar-refractivity contribution in [3.05, 3.63) is 60.1 Å². The Morgan fingerprint density at radius 2 is 1.95 bits per heavy atom. The molecule has 0 saturated heterocycles. The van der Waals surface area contributed by atoms with Gasteiger partial charge in [0, 0.05) is 24.4 Å². The predicted molar refractivity (Wildman–Crippen MR) is 79.6 cm³/mol. The molecule has 3 nitrogen and oxygen atoms in total. The van der Waals surface area contributed by atoms with E-state index in [0.29, 0.717) is 17.9 Å². The third kappa shape index (κ3) is 2.60. The second-order valence-electron chi connectivity index (χ2n) is 6.15. The van der Waals surface area contributed by atoms with E-state index in [1.165, 1.54) is 5.56 Å². The van der Waals surface area contributed by atoms with Crippen molar-refractivity contribution in [2.45, 2.75) is 37.8 Å². The number of carbonyl (C=O) groups excluding carboxylic acids is 1. The van der Waals surface area contributed by atoms with E-state index in [9.17, 15) is 4.79 Å². The molecule has 2 unspecified atom stereocenters. The van der Waals surface area contributed by atoms with Crippen LogP contribution in [-0.4, -0.2) is 16.8 Å². The molecule has 2 aliphatic carbocycles. The minimum absolute atomic E-state index is 0.125. The standard InChI is InChI=1S/C18H19NO2/c20-18(16-11-15(16)17-7-4-10-21-17)19(14-8-9-14)12-13-5-2-1-3-6-13/h1-7,10,14-16H,8-9,11-12H2. The Hall–Kier alpha value is -2.03. The number of hydrogen-bond donors (Lipinski definition) is 0. The van der Waals surface area contributed by atoms with E-state index in [0.717, 1.165) is 31.6 Å². The lowest BCUT2D eigenvalue weighted by atomic mass is 10.2. The van der Waals surface area contributed by atoms with Crippen molar-refractivity contribution in [3.8, 4) is 0 Å². The maximum atomic E-state index is 12.8. The monoisotopic (exact) mass is 281 g/mol. The van der Waals surface area contributed by atoms with Gasteiger partial charge >= 0.3 is 0 Å². The van der Waals surface area contributed by atoms with Crippen LogP contribution in [0.15, 0.2) is 53.1 Å². The summed E-state index contributed by atoms with van der Waals surface area (Å²) in [6.07, 6.45) is 4.93. The van der Waals surface area contributed by atoms with Crippen molar-refractivity contribution in [2.75, 3.05) is 0 Å². The van der Waals surface area contributed by atoms with Gasteiger partial charge in [0.25, 0.3) is 0 Å². The summed E-state index contributed by atoms with van der Waals surface area (Å²) in [7, 11) is 0. The quantitative estimate of drug-likeness (QED) is 0.839. The largest absolute Gasteiger partial charge is 0.469 e. The van der Waals surface area contributed by atoms with E-state index in [1.54, 1.807) is 6.26 Å². The molecule has 2 aromatic rings. The highest BCUT2D eigenvalue weighted by molar-refractivity contribution is 5.83. The molecule has 0 bridgehead atoms. The molecule has 2 atom stereocenters. The van der Waals surface area contributed by atoms with Gasteiger partial charge in [0.05, 0.1) is 6.26 Å². The number of amides is 1. The zero-order chi connectivity index (χ0) is 14.2. The van der Waals surface area contributed by atoms with Crippen LogP contribution in [-0.2, 0) is 11.3 Å². The van der Waals surface area contributed by atoms with Crippen LogP contribution in [0, 0.1) is 5.92 Å². The summed E-state index contributed by atoms with van der Waals surface area (Å²) < 4.78 is 5.44. The van der Waals surface area contributed by atoms with Crippen LogP contribution < -0.4 is 0 Å². The molecule has 1 amide bonds. The van der Waals surface area contributed by atoms with Gasteiger partial charge in [-0.05, 0) is 37.0 Å². The van der Waals surface area contributed by atoms with Crippen LogP contribution in [0.2, 0.25) is 0 Å². The van der Waals surface area contributed by atoms with Gasteiger partial charge in [0.2, 0.25) is 5.91 Å². The molecule has 108 valence electrons. The number of nitrogens with zero attached hydrogens (tertiary/aromatic N) is 1. The summed E-state index contributed by atoms with van der Waals surface area (Å²) in [5.74, 6) is 1.69. The molecule has 2 aliphatic rings. The number of carbonyl (C=O) groups is 1. The zero-order valence-electron chi connectivity index (χ0n) is 11.9. The van der Waals surface area contributed by atoms with E-state index >= 15 is 0 Å². The van der Waals surface area contributed by atoms with Gasteiger partial charge in [0.1, 0.15) is 5.76 Å². The smallest absolute Gasteiger partial charge is 0.226 e. The van der Waals surface area contributed by atoms with Crippen molar-refractivity contribution < 1.29 is 9.21 Å². The Balaban J connectivity index is 1.46. The van der Waals surface area contributed by atoms with E-state index < -0.39 is 0 Å². The minimum Gasteiger partial charge on any atom is -0.469 e. The zero-order valence-corrected chi connectivity index (χ0v) is 11.9. The fraction of sp³-hybridized carbons (Fsp3) is 0.389. The van der Waals surface area contributed by atoms with Gasteiger partial charge in [-0.2, -0.15) is 0 Å². The molecule has 0 radical (unpaired) electrons. The summed E-state index contributed by atoms with van der Waals surface area (Å²) >= 11 is 0. The average molecular weight is 281 g/mol. The first-order valence-corrected chi connectivity index (χ1v) is 7.71. The Morgan fingerprint density at radius 3 is 2.62 bits per heavy atom. The van der Waals surface area contributed by atoms with Gasteiger partial charge in [-0.15, -0.1) is 0 Å². The van der Waals surface area contributed by atoms with Crippen molar-refractivity contribution in [2.24, 2.45) is 5.92 Å². The fourth-order valence-electron chi connectivity index (χ4n) is 3.05. The van der Waals surface area contributed by atoms with E-state index in [4.69, 9.17) is 4.42 Å². The van der Waals surface area contributed by atoms with Gasteiger partial charge in [0.15, 0.2) is 0 Å². The normalized spacial score (nSPS) is 23.8. The molecule has 0 N–H and O–H groups in total. The van der Waals surface area contributed by atoms with E-state index in [-0.39, 0.29) is 5.92 Å². The molecule has 1 heterocycles. The Labute approximate surface area is 124 Å². The van der Waals surface area contributed by atoms with Crippen molar-refractivity contribution in [1.29, 1.82) is 0 Å². The first-order chi connectivity index (χ1) is 10.3. The summed E-state index contributed by atoms with van der Waals surface area (Å²) in [6, 6.07) is 14.6. The van der Waals surface area contributed by atoms with Crippen LogP contribution >= 0.6 is 0 Å². The lowest BCUT2D eigenvalue weighted by Gasteiger charge is -2.22. The molecule has 1 aromatic heterocycles. The third-order valence-electron chi connectivity index (χ3n) is 4.48. The molecule has 0 spiro atoms. The summed E-state index contributed by atoms with van der Waals surface area (Å²) in [5, 5.41) is 0. The molecule has 2 saturated carbocycles. The maximum Gasteiger partial charge on any atom is 0.226 e. The third-order valence-corrected chi connectivity index (χ3v) is 4.48. The highest BCUT2D eigenvalue weighted by atomic mass is 16.3. The van der Waals surface area contributed by atoms with Crippen molar-refractivity contribution in [1.82, 2.24) is 4.90 Å². The number of benzene rings is 1. The molecule has 3 heteroatoms. The number of rotatable bonds is 5. The highest BCUT2D eigenvalue weighted by Crippen LogP contribution is 2.49. The van der Waals surface area contributed by atoms with Crippen LogP contribution in [0.1, 0.15) is 36.5 Å². The first-order valence-electron chi connectivity index (χ1n) is 7.71. The second-order valence-corrected chi connectivity index (χ2v) is 6.15. The van der Waals surface area contributed by atoms with Crippen LogP contribution in [0.5, 0.6) is 0 Å². The Bertz CT molecular complexity index is 616. The molecule has 2 fully saturated rings. The van der Waals surface area contributed by atoms with Crippen molar-refractivity contribution >= 4 is 5.91 Å².